The summed E-state index contributed by atoms with van der Waals surface area (Å²) in [6.45, 7) is 8.72. The van der Waals surface area contributed by atoms with Crippen molar-refractivity contribution < 1.29 is 23.8 Å². The Kier molecular flexibility index (Phi) is 9.28. The molecule has 5 rings (SSSR count). The first-order valence-electron chi connectivity index (χ1n) is 14.7. The minimum absolute atomic E-state index is 0.0438. The molecule has 4 heterocycles. The van der Waals surface area contributed by atoms with Crippen LogP contribution in [-0.4, -0.2) is 84.4 Å². The van der Waals surface area contributed by atoms with Gasteiger partial charge in [0.2, 0.25) is 5.91 Å². The van der Waals surface area contributed by atoms with E-state index in [1.807, 2.05) is 55.8 Å². The van der Waals surface area contributed by atoms with Crippen molar-refractivity contribution in [1.82, 2.24) is 19.4 Å². The Morgan fingerprint density at radius 3 is 2.68 bits per heavy atom. The fraction of sp³-hybridized carbons (Fsp3) is 0.516. The Morgan fingerprint density at radius 2 is 1.90 bits per heavy atom. The van der Waals surface area contributed by atoms with E-state index in [1.165, 1.54) is 0 Å². The van der Waals surface area contributed by atoms with Crippen LogP contribution >= 0.6 is 0 Å². The minimum atomic E-state index is -0.176. The molecule has 1 aromatic carbocycles. The van der Waals surface area contributed by atoms with Crippen molar-refractivity contribution in [3.05, 3.63) is 48.3 Å². The molecule has 0 radical (unpaired) electrons. The number of methoxy groups -OCH3 is 1. The number of nitrogens with zero attached hydrogens (tertiary/aromatic N) is 5. The number of aromatic nitrogens is 2. The first-order chi connectivity index (χ1) is 20.0. The lowest BCUT2D eigenvalue weighted by Gasteiger charge is -2.39. The van der Waals surface area contributed by atoms with Gasteiger partial charge in [-0.1, -0.05) is 19.8 Å². The van der Waals surface area contributed by atoms with Gasteiger partial charge in [-0.05, 0) is 49.6 Å². The van der Waals surface area contributed by atoms with Gasteiger partial charge in [0.25, 0.3) is 0 Å². The molecule has 10 nitrogen and oxygen atoms in total. The highest BCUT2D eigenvalue weighted by Gasteiger charge is 2.32. The number of amides is 3. The molecule has 0 N–H and O–H groups in total. The molecular formula is C31H41N5O5. The van der Waals surface area contributed by atoms with Crippen molar-refractivity contribution in [2.45, 2.75) is 52.1 Å². The van der Waals surface area contributed by atoms with Crippen molar-refractivity contribution in [3.8, 4) is 11.5 Å². The van der Waals surface area contributed by atoms with Crippen LogP contribution in [0, 0.1) is 0 Å². The van der Waals surface area contributed by atoms with Crippen LogP contribution in [0.3, 0.4) is 0 Å². The van der Waals surface area contributed by atoms with Gasteiger partial charge in [0.1, 0.15) is 12.2 Å². The fourth-order valence-corrected chi connectivity index (χ4v) is 5.65. The molecule has 220 valence electrons. The Balaban J connectivity index is 1.33. The second kappa shape index (κ2) is 13.2. The SMILES string of the molecule is CCCCCOc1cc(N2CCCN([C@@H](C)c3ccnc4c3ccn4CC(=O)N3CCOCC3)C2=O)ccc1OC. The standard InChI is InChI=1S/C31H41N5O5/c1-4-5-6-18-41-28-21-24(8-9-27(28)39-3)36-14-7-13-35(31(36)38)23(2)25-10-12-32-30-26(25)11-15-34(30)22-29(37)33-16-19-40-20-17-33/h8-12,15,21,23H,4-7,13-14,16-20,22H2,1-3H3/t23-/m0/s1. The first kappa shape index (κ1) is 28.7. The third-order valence-electron chi connectivity index (χ3n) is 8.00. The van der Waals surface area contributed by atoms with E-state index in [4.69, 9.17) is 14.2 Å². The highest BCUT2D eigenvalue weighted by atomic mass is 16.5. The van der Waals surface area contributed by atoms with Crippen molar-refractivity contribution in [2.24, 2.45) is 0 Å². The van der Waals surface area contributed by atoms with Gasteiger partial charge >= 0.3 is 6.03 Å². The smallest absolute Gasteiger partial charge is 0.324 e. The van der Waals surface area contributed by atoms with Crippen LogP contribution in [0.25, 0.3) is 11.0 Å². The number of morpholine rings is 1. The average Bonchev–Trinajstić information content (AvgIpc) is 3.42. The summed E-state index contributed by atoms with van der Waals surface area (Å²) in [5.41, 5.74) is 2.56. The largest absolute Gasteiger partial charge is 0.493 e. The van der Waals surface area contributed by atoms with Crippen molar-refractivity contribution in [2.75, 3.05) is 58.0 Å². The van der Waals surface area contributed by atoms with Crippen LogP contribution in [0.15, 0.2) is 42.7 Å². The summed E-state index contributed by atoms with van der Waals surface area (Å²) in [7, 11) is 1.63. The second-order valence-corrected chi connectivity index (χ2v) is 10.6. The van der Waals surface area contributed by atoms with Crippen LogP contribution in [-0.2, 0) is 16.1 Å². The van der Waals surface area contributed by atoms with E-state index in [9.17, 15) is 9.59 Å². The number of hydrogen-bond donors (Lipinski definition) is 0. The third kappa shape index (κ3) is 6.27. The Bertz CT molecular complexity index is 1350. The van der Waals surface area contributed by atoms with Gasteiger partial charge in [0.05, 0.1) is 33.0 Å². The maximum absolute atomic E-state index is 13.9. The molecule has 3 amide bonds. The van der Waals surface area contributed by atoms with E-state index in [2.05, 4.69) is 18.8 Å². The number of carbonyl (C=O) groups excluding carboxylic acids is 2. The van der Waals surface area contributed by atoms with E-state index in [0.29, 0.717) is 57.5 Å². The number of ether oxygens (including phenoxy) is 3. The van der Waals surface area contributed by atoms with Crippen LogP contribution in [0.4, 0.5) is 10.5 Å². The Hall–Kier alpha value is -3.79. The van der Waals surface area contributed by atoms with E-state index in [1.54, 1.807) is 13.3 Å². The predicted molar refractivity (Wildman–Crippen MR) is 158 cm³/mol. The number of carbonyl (C=O) groups is 2. The Labute approximate surface area is 241 Å². The number of hydrogen-bond acceptors (Lipinski definition) is 6. The maximum atomic E-state index is 13.9. The van der Waals surface area contributed by atoms with Crippen molar-refractivity contribution in [3.63, 3.8) is 0 Å². The fourth-order valence-electron chi connectivity index (χ4n) is 5.65. The van der Waals surface area contributed by atoms with Crippen LogP contribution in [0.5, 0.6) is 11.5 Å². The molecule has 2 fully saturated rings. The zero-order valence-corrected chi connectivity index (χ0v) is 24.4. The van der Waals surface area contributed by atoms with Crippen LogP contribution in [0.1, 0.15) is 51.1 Å². The lowest BCUT2D eigenvalue weighted by molar-refractivity contribution is -0.135. The number of rotatable bonds is 11. The zero-order chi connectivity index (χ0) is 28.8. The van der Waals surface area contributed by atoms with Crippen molar-refractivity contribution in [1.29, 1.82) is 0 Å². The quantitative estimate of drug-likeness (QED) is 0.310. The zero-order valence-electron chi connectivity index (χ0n) is 24.4. The molecule has 0 bridgehead atoms. The number of fused-ring (bicyclic) bond motifs is 1. The molecule has 1 atom stereocenters. The van der Waals surface area contributed by atoms with Crippen molar-refractivity contribution >= 4 is 28.7 Å². The number of urea groups is 1. The molecule has 0 aliphatic carbocycles. The van der Waals surface area contributed by atoms with Gasteiger partial charge < -0.3 is 28.6 Å². The van der Waals surface area contributed by atoms with E-state index in [0.717, 1.165) is 48.0 Å². The van der Waals surface area contributed by atoms with Gasteiger partial charge in [0, 0.05) is 55.7 Å². The van der Waals surface area contributed by atoms with Gasteiger partial charge in [-0.15, -0.1) is 0 Å². The molecule has 2 aromatic heterocycles. The van der Waals surface area contributed by atoms with E-state index < -0.39 is 0 Å². The number of anilines is 1. The molecular weight excluding hydrogens is 522 g/mol. The molecule has 0 unspecified atom stereocenters. The molecule has 0 saturated carbocycles. The second-order valence-electron chi connectivity index (χ2n) is 10.6. The van der Waals surface area contributed by atoms with Gasteiger partial charge in [-0.2, -0.15) is 0 Å². The first-order valence-corrected chi connectivity index (χ1v) is 14.7. The lowest BCUT2D eigenvalue weighted by atomic mass is 10.0. The normalized spacial score (nSPS) is 16.8. The molecule has 10 heteroatoms. The number of benzene rings is 1. The third-order valence-corrected chi connectivity index (χ3v) is 8.00. The molecule has 2 aliphatic heterocycles. The molecule has 2 saturated heterocycles. The molecule has 41 heavy (non-hydrogen) atoms. The van der Waals surface area contributed by atoms with Gasteiger partial charge in [-0.25, -0.2) is 9.78 Å². The van der Waals surface area contributed by atoms with Crippen LogP contribution < -0.4 is 14.4 Å². The average molecular weight is 564 g/mol. The Morgan fingerprint density at radius 1 is 1.07 bits per heavy atom. The predicted octanol–water partition coefficient (Wildman–Crippen LogP) is 4.87. The van der Waals surface area contributed by atoms with Gasteiger partial charge in [-0.3, -0.25) is 9.69 Å². The van der Waals surface area contributed by atoms with E-state index >= 15 is 0 Å². The monoisotopic (exact) mass is 563 g/mol. The summed E-state index contributed by atoms with van der Waals surface area (Å²) >= 11 is 0. The van der Waals surface area contributed by atoms with E-state index in [-0.39, 0.29) is 24.5 Å². The number of unbranched alkanes of at least 4 members (excludes halogenated alkanes) is 2. The summed E-state index contributed by atoms with van der Waals surface area (Å²) < 4.78 is 18.8. The molecule has 0 spiro atoms. The lowest BCUT2D eigenvalue weighted by Crippen LogP contribution is -2.50. The topological polar surface area (TPSA) is 89.4 Å². The summed E-state index contributed by atoms with van der Waals surface area (Å²) in [6.07, 6.45) is 7.73. The molecule has 2 aliphatic rings. The molecule has 3 aromatic rings. The minimum Gasteiger partial charge on any atom is -0.493 e. The summed E-state index contributed by atoms with van der Waals surface area (Å²) in [4.78, 5) is 36.9. The van der Waals surface area contributed by atoms with Gasteiger partial charge in [0.15, 0.2) is 11.5 Å². The summed E-state index contributed by atoms with van der Waals surface area (Å²) in [6, 6.07) is 9.45. The summed E-state index contributed by atoms with van der Waals surface area (Å²) in [5, 5.41) is 0.951. The number of pyridine rings is 1. The van der Waals surface area contributed by atoms with Crippen LogP contribution in [0.2, 0.25) is 0 Å². The maximum Gasteiger partial charge on any atom is 0.324 e. The summed E-state index contributed by atoms with van der Waals surface area (Å²) in [5.74, 6) is 1.37. The highest BCUT2D eigenvalue weighted by Crippen LogP contribution is 2.35. The highest BCUT2D eigenvalue weighted by molar-refractivity contribution is 5.94.